The smallest absolute Gasteiger partial charge is 0.314 e. The van der Waals surface area contributed by atoms with Crippen molar-refractivity contribution in [3.63, 3.8) is 0 Å². The summed E-state index contributed by atoms with van der Waals surface area (Å²) in [6.45, 7) is 0. The standard InChI is InChI=1S/C11H12O4S/c1-16(14,15)9-5-3-2-4-8(9)11(6-7-11)10(12)13/h2-5H,6-7H2,1H3,(H,12,13). The van der Waals surface area contributed by atoms with Gasteiger partial charge >= 0.3 is 5.97 Å². The summed E-state index contributed by atoms with van der Waals surface area (Å²) in [4.78, 5) is 11.3. The Labute approximate surface area is 93.8 Å². The van der Waals surface area contributed by atoms with Crippen molar-refractivity contribution in [2.75, 3.05) is 6.26 Å². The Balaban J connectivity index is 2.63. The Morgan fingerprint density at radius 1 is 1.31 bits per heavy atom. The van der Waals surface area contributed by atoms with Crippen LogP contribution in [0.1, 0.15) is 18.4 Å². The zero-order valence-electron chi connectivity index (χ0n) is 8.80. The van der Waals surface area contributed by atoms with Crippen LogP contribution < -0.4 is 0 Å². The summed E-state index contributed by atoms with van der Waals surface area (Å²) in [5.74, 6) is -0.941. The van der Waals surface area contributed by atoms with Crippen molar-refractivity contribution >= 4 is 15.8 Å². The molecule has 1 aromatic rings. The van der Waals surface area contributed by atoms with E-state index >= 15 is 0 Å². The average Bonchev–Trinajstić information content (AvgIpc) is 2.97. The molecule has 0 heterocycles. The molecule has 0 aromatic heterocycles. The van der Waals surface area contributed by atoms with E-state index in [1.807, 2.05) is 0 Å². The lowest BCUT2D eigenvalue weighted by Gasteiger charge is -2.14. The molecule has 86 valence electrons. The Bertz CT molecular complexity index is 541. The summed E-state index contributed by atoms with van der Waals surface area (Å²) in [5, 5.41) is 9.15. The molecule has 0 unspecified atom stereocenters. The lowest BCUT2D eigenvalue weighted by molar-refractivity contribution is -0.140. The maximum atomic E-state index is 11.6. The van der Waals surface area contributed by atoms with E-state index in [0.717, 1.165) is 6.26 Å². The highest BCUT2D eigenvalue weighted by Crippen LogP contribution is 2.50. The number of benzene rings is 1. The summed E-state index contributed by atoms with van der Waals surface area (Å²) in [6.07, 6.45) is 2.12. The van der Waals surface area contributed by atoms with E-state index in [0.29, 0.717) is 18.4 Å². The summed E-state index contributed by atoms with van der Waals surface area (Å²) in [5.41, 5.74) is -0.551. The first-order valence-electron chi connectivity index (χ1n) is 4.91. The minimum Gasteiger partial charge on any atom is -0.481 e. The van der Waals surface area contributed by atoms with Crippen LogP contribution in [0.3, 0.4) is 0 Å². The molecule has 4 nitrogen and oxygen atoms in total. The predicted octanol–water partition coefficient (Wildman–Crippen LogP) is 1.21. The van der Waals surface area contributed by atoms with E-state index in [1.165, 1.54) is 6.07 Å². The van der Waals surface area contributed by atoms with Gasteiger partial charge in [0.2, 0.25) is 0 Å². The van der Waals surface area contributed by atoms with Gasteiger partial charge in [0, 0.05) is 6.26 Å². The fourth-order valence-electron chi connectivity index (χ4n) is 1.91. The third kappa shape index (κ3) is 1.61. The second-order valence-corrected chi connectivity index (χ2v) is 6.14. The van der Waals surface area contributed by atoms with Crippen molar-refractivity contribution in [3.8, 4) is 0 Å². The predicted molar refractivity (Wildman–Crippen MR) is 58.1 cm³/mol. The number of aliphatic carboxylic acids is 1. The Morgan fingerprint density at radius 2 is 1.88 bits per heavy atom. The molecule has 16 heavy (non-hydrogen) atoms. The van der Waals surface area contributed by atoms with Crippen molar-refractivity contribution in [3.05, 3.63) is 29.8 Å². The minimum absolute atomic E-state index is 0.134. The fraction of sp³-hybridized carbons (Fsp3) is 0.364. The van der Waals surface area contributed by atoms with Gasteiger partial charge in [0.15, 0.2) is 9.84 Å². The van der Waals surface area contributed by atoms with Crippen molar-refractivity contribution < 1.29 is 18.3 Å². The van der Waals surface area contributed by atoms with Gasteiger partial charge in [-0.3, -0.25) is 4.79 Å². The van der Waals surface area contributed by atoms with Gasteiger partial charge in [-0.2, -0.15) is 0 Å². The molecule has 0 spiro atoms. The zero-order valence-corrected chi connectivity index (χ0v) is 9.62. The van der Waals surface area contributed by atoms with E-state index in [-0.39, 0.29) is 4.90 Å². The molecule has 0 bridgehead atoms. The number of carboxylic acid groups (broad SMARTS) is 1. The first-order valence-corrected chi connectivity index (χ1v) is 6.80. The van der Waals surface area contributed by atoms with Crippen LogP contribution >= 0.6 is 0 Å². The van der Waals surface area contributed by atoms with Crippen LogP contribution in [0.15, 0.2) is 29.2 Å². The number of rotatable bonds is 3. The van der Waals surface area contributed by atoms with Gasteiger partial charge in [-0.05, 0) is 24.5 Å². The maximum absolute atomic E-state index is 11.6. The maximum Gasteiger partial charge on any atom is 0.314 e. The second kappa shape index (κ2) is 3.31. The van der Waals surface area contributed by atoms with E-state index in [9.17, 15) is 13.2 Å². The van der Waals surface area contributed by atoms with E-state index in [1.54, 1.807) is 18.2 Å². The number of carbonyl (C=O) groups is 1. The van der Waals surface area contributed by atoms with Crippen molar-refractivity contribution in [1.82, 2.24) is 0 Å². The van der Waals surface area contributed by atoms with Gasteiger partial charge in [-0.1, -0.05) is 18.2 Å². The highest BCUT2D eigenvalue weighted by Gasteiger charge is 2.53. The van der Waals surface area contributed by atoms with E-state index in [2.05, 4.69) is 0 Å². The summed E-state index contributed by atoms with van der Waals surface area (Å²) < 4.78 is 23.1. The van der Waals surface area contributed by atoms with Gasteiger partial charge < -0.3 is 5.11 Å². The van der Waals surface area contributed by atoms with Crippen molar-refractivity contribution in [1.29, 1.82) is 0 Å². The fourth-order valence-corrected chi connectivity index (χ4v) is 2.90. The number of hydrogen-bond acceptors (Lipinski definition) is 3. The Morgan fingerprint density at radius 3 is 2.31 bits per heavy atom. The first kappa shape index (κ1) is 11.1. The highest BCUT2D eigenvalue weighted by molar-refractivity contribution is 7.90. The largest absolute Gasteiger partial charge is 0.481 e. The number of sulfone groups is 1. The van der Waals surface area contributed by atoms with Crippen molar-refractivity contribution in [2.45, 2.75) is 23.2 Å². The molecular formula is C11H12O4S. The van der Waals surface area contributed by atoms with Crippen LogP contribution in [0, 0.1) is 0 Å². The van der Waals surface area contributed by atoms with Gasteiger partial charge in [-0.25, -0.2) is 8.42 Å². The third-order valence-electron chi connectivity index (χ3n) is 2.96. The Hall–Kier alpha value is -1.36. The van der Waals surface area contributed by atoms with Crippen LogP contribution in [0.5, 0.6) is 0 Å². The summed E-state index contributed by atoms with van der Waals surface area (Å²) in [6, 6.07) is 6.34. The molecule has 1 aromatic carbocycles. The molecule has 0 aliphatic heterocycles. The molecule has 1 fully saturated rings. The molecule has 1 N–H and O–H groups in total. The summed E-state index contributed by atoms with van der Waals surface area (Å²) in [7, 11) is -3.37. The molecular weight excluding hydrogens is 228 g/mol. The van der Waals surface area contributed by atoms with E-state index < -0.39 is 21.2 Å². The normalized spacial score (nSPS) is 18.1. The molecule has 0 amide bonds. The van der Waals surface area contributed by atoms with Crippen LogP contribution in [0.2, 0.25) is 0 Å². The second-order valence-electron chi connectivity index (χ2n) is 4.16. The Kier molecular flexibility index (Phi) is 2.31. The number of hydrogen-bond donors (Lipinski definition) is 1. The molecule has 5 heteroatoms. The zero-order chi connectivity index (χ0) is 12.0. The van der Waals surface area contributed by atoms with Crippen LogP contribution in [-0.2, 0) is 20.0 Å². The van der Waals surface area contributed by atoms with Crippen LogP contribution in [0.4, 0.5) is 0 Å². The summed E-state index contributed by atoms with van der Waals surface area (Å²) >= 11 is 0. The molecule has 1 saturated carbocycles. The molecule has 1 aliphatic carbocycles. The molecule has 0 radical (unpaired) electrons. The number of carboxylic acids is 1. The third-order valence-corrected chi connectivity index (χ3v) is 4.12. The first-order chi connectivity index (χ1) is 7.38. The minimum atomic E-state index is -3.37. The quantitative estimate of drug-likeness (QED) is 0.861. The average molecular weight is 240 g/mol. The van der Waals surface area contributed by atoms with Gasteiger partial charge in [0.1, 0.15) is 0 Å². The molecule has 2 rings (SSSR count). The molecule has 0 atom stereocenters. The molecule has 0 saturated heterocycles. The van der Waals surface area contributed by atoms with Crippen molar-refractivity contribution in [2.24, 2.45) is 0 Å². The van der Waals surface area contributed by atoms with Gasteiger partial charge in [0.25, 0.3) is 0 Å². The topological polar surface area (TPSA) is 71.4 Å². The highest BCUT2D eigenvalue weighted by atomic mass is 32.2. The monoisotopic (exact) mass is 240 g/mol. The van der Waals surface area contributed by atoms with Crippen LogP contribution in [0.25, 0.3) is 0 Å². The lowest BCUT2D eigenvalue weighted by Crippen LogP contribution is -2.22. The molecule has 1 aliphatic rings. The van der Waals surface area contributed by atoms with E-state index in [4.69, 9.17) is 5.11 Å². The van der Waals surface area contributed by atoms with Crippen LogP contribution in [-0.4, -0.2) is 25.7 Å². The lowest BCUT2D eigenvalue weighted by atomic mass is 9.96. The van der Waals surface area contributed by atoms with Gasteiger partial charge in [-0.15, -0.1) is 0 Å². The SMILES string of the molecule is CS(=O)(=O)c1ccccc1C1(C(=O)O)CC1. The van der Waals surface area contributed by atoms with Gasteiger partial charge in [0.05, 0.1) is 10.3 Å².